The van der Waals surface area contributed by atoms with Crippen LogP contribution in [0.3, 0.4) is 0 Å². The van der Waals surface area contributed by atoms with Gasteiger partial charge in [-0.15, -0.1) is 0 Å². The quantitative estimate of drug-likeness (QED) is 0.819. The minimum absolute atomic E-state index is 0.127. The molecule has 3 atom stereocenters. The molecule has 4 fully saturated rings. The summed E-state index contributed by atoms with van der Waals surface area (Å²) in [5.41, 5.74) is 0.558. The molecule has 4 aliphatic rings. The Morgan fingerprint density at radius 3 is 2.42 bits per heavy atom. The molecule has 1 amide bonds. The zero-order valence-electron chi connectivity index (χ0n) is 12.6. The van der Waals surface area contributed by atoms with Crippen molar-refractivity contribution in [3.8, 4) is 0 Å². The summed E-state index contributed by atoms with van der Waals surface area (Å²) in [5, 5.41) is 6.91. The Kier molecular flexibility index (Phi) is 3.16. The van der Waals surface area contributed by atoms with Gasteiger partial charge >= 0.3 is 0 Å². The van der Waals surface area contributed by atoms with Gasteiger partial charge in [0.15, 0.2) is 0 Å². The third kappa shape index (κ3) is 2.10. The summed E-state index contributed by atoms with van der Waals surface area (Å²) in [6, 6.07) is 0.566. The lowest BCUT2D eigenvalue weighted by Gasteiger charge is -2.64. The van der Waals surface area contributed by atoms with E-state index >= 15 is 0 Å². The molecule has 3 heteroatoms. The van der Waals surface area contributed by atoms with Crippen LogP contribution in [-0.4, -0.2) is 24.5 Å². The summed E-state index contributed by atoms with van der Waals surface area (Å²) in [6.45, 7) is 4.30. The van der Waals surface area contributed by atoms with Crippen molar-refractivity contribution in [1.29, 1.82) is 0 Å². The lowest BCUT2D eigenvalue weighted by Crippen LogP contribution is -2.66. The van der Waals surface area contributed by atoms with E-state index in [2.05, 4.69) is 24.6 Å². The van der Waals surface area contributed by atoms with Crippen LogP contribution < -0.4 is 10.6 Å². The highest BCUT2D eigenvalue weighted by Gasteiger charge is 2.59. The van der Waals surface area contributed by atoms with Crippen molar-refractivity contribution in [2.75, 3.05) is 7.05 Å². The number of hydrogen-bond acceptors (Lipinski definition) is 2. The maximum atomic E-state index is 11.9. The normalized spacial score (nSPS) is 45.2. The second-order valence-electron chi connectivity index (χ2n) is 7.52. The molecule has 4 aliphatic carbocycles. The van der Waals surface area contributed by atoms with Gasteiger partial charge < -0.3 is 10.6 Å². The molecule has 0 saturated heterocycles. The van der Waals surface area contributed by atoms with E-state index in [0.29, 0.717) is 17.9 Å². The molecule has 0 spiro atoms. The van der Waals surface area contributed by atoms with Gasteiger partial charge in [0, 0.05) is 18.0 Å². The molecule has 2 N–H and O–H groups in total. The zero-order chi connectivity index (χ0) is 13.7. The highest BCUT2D eigenvalue weighted by Crippen LogP contribution is 2.62. The van der Waals surface area contributed by atoms with Crippen LogP contribution in [0.25, 0.3) is 0 Å². The highest BCUT2D eigenvalue weighted by molar-refractivity contribution is 5.76. The number of carbonyl (C=O) groups excluding carboxylic acids is 1. The molecule has 0 aliphatic heterocycles. The molecule has 0 aromatic carbocycles. The minimum Gasteiger partial charge on any atom is -0.351 e. The zero-order valence-corrected chi connectivity index (χ0v) is 12.6. The second-order valence-corrected chi connectivity index (χ2v) is 7.52. The van der Waals surface area contributed by atoms with Crippen LogP contribution in [0.2, 0.25) is 0 Å². The minimum atomic E-state index is 0.127. The number of hydrogen-bond donors (Lipinski definition) is 2. The molecule has 0 radical (unpaired) electrons. The molecule has 0 aromatic rings. The molecule has 0 heterocycles. The molecule has 3 unspecified atom stereocenters. The van der Waals surface area contributed by atoms with Gasteiger partial charge in [-0.1, -0.05) is 6.92 Å². The van der Waals surface area contributed by atoms with Gasteiger partial charge in [0.1, 0.15) is 0 Å². The summed E-state index contributed by atoms with van der Waals surface area (Å²) >= 11 is 0. The number of amides is 1. The van der Waals surface area contributed by atoms with E-state index in [1.54, 1.807) is 0 Å². The van der Waals surface area contributed by atoms with Crippen LogP contribution in [0, 0.1) is 17.3 Å². The summed E-state index contributed by atoms with van der Waals surface area (Å²) in [5.74, 6) is 1.93. The standard InChI is InChI=1S/C16H28N2O/c1-4-14(19)18-16-8-12-5-13(9-16)7-15(6-12,10-16)11(2)17-3/h11-13,17H,4-10H2,1-3H3,(H,18,19). The molecule has 4 rings (SSSR count). The van der Waals surface area contributed by atoms with Crippen molar-refractivity contribution in [2.24, 2.45) is 17.3 Å². The van der Waals surface area contributed by atoms with Crippen LogP contribution in [0.1, 0.15) is 58.8 Å². The Balaban J connectivity index is 1.86. The third-order valence-corrected chi connectivity index (χ3v) is 6.18. The lowest BCUT2D eigenvalue weighted by atomic mass is 9.45. The third-order valence-electron chi connectivity index (χ3n) is 6.18. The van der Waals surface area contributed by atoms with Gasteiger partial charge in [0.25, 0.3) is 0 Å². The topological polar surface area (TPSA) is 41.1 Å². The van der Waals surface area contributed by atoms with Crippen LogP contribution in [-0.2, 0) is 4.79 Å². The van der Waals surface area contributed by atoms with Crippen LogP contribution in [0.4, 0.5) is 0 Å². The van der Waals surface area contributed by atoms with Gasteiger partial charge in [0.05, 0.1) is 0 Å². The average molecular weight is 264 g/mol. The van der Waals surface area contributed by atoms with Crippen molar-refractivity contribution in [3.63, 3.8) is 0 Å². The van der Waals surface area contributed by atoms with Crippen molar-refractivity contribution >= 4 is 5.91 Å². The summed E-state index contributed by atoms with van der Waals surface area (Å²) < 4.78 is 0. The molecule has 4 bridgehead atoms. The summed E-state index contributed by atoms with van der Waals surface area (Å²) in [4.78, 5) is 11.9. The molecule has 108 valence electrons. The lowest BCUT2D eigenvalue weighted by molar-refractivity contribution is -0.133. The fourth-order valence-corrected chi connectivity index (χ4v) is 5.68. The Bertz CT molecular complexity index is 365. The van der Waals surface area contributed by atoms with Crippen molar-refractivity contribution in [1.82, 2.24) is 10.6 Å². The van der Waals surface area contributed by atoms with E-state index in [9.17, 15) is 4.79 Å². The Morgan fingerprint density at radius 1 is 1.26 bits per heavy atom. The first-order valence-corrected chi connectivity index (χ1v) is 7.99. The summed E-state index contributed by atoms with van der Waals surface area (Å²) in [6.07, 6.45) is 8.42. The SMILES string of the molecule is CCC(=O)NC12CC3CC(C1)CC(C(C)NC)(C3)C2. The van der Waals surface area contributed by atoms with Gasteiger partial charge in [-0.3, -0.25) is 4.79 Å². The van der Waals surface area contributed by atoms with E-state index in [4.69, 9.17) is 0 Å². The Morgan fingerprint density at radius 2 is 1.89 bits per heavy atom. The number of carbonyl (C=O) groups is 1. The van der Waals surface area contributed by atoms with Crippen molar-refractivity contribution < 1.29 is 4.79 Å². The molecular weight excluding hydrogens is 236 g/mol. The van der Waals surface area contributed by atoms with Gasteiger partial charge in [-0.25, -0.2) is 0 Å². The molecule has 4 saturated carbocycles. The van der Waals surface area contributed by atoms with Crippen LogP contribution >= 0.6 is 0 Å². The second kappa shape index (κ2) is 4.47. The van der Waals surface area contributed by atoms with Crippen LogP contribution in [0.15, 0.2) is 0 Å². The first-order chi connectivity index (χ1) is 9.01. The largest absolute Gasteiger partial charge is 0.351 e. The Labute approximate surface area is 116 Å². The molecule has 19 heavy (non-hydrogen) atoms. The fraction of sp³-hybridized carbons (Fsp3) is 0.938. The van der Waals surface area contributed by atoms with Crippen LogP contribution in [0.5, 0.6) is 0 Å². The molecule has 0 aromatic heterocycles. The van der Waals surface area contributed by atoms with Crippen molar-refractivity contribution in [2.45, 2.75) is 70.4 Å². The first kappa shape index (κ1) is 13.4. The van der Waals surface area contributed by atoms with E-state index in [1.165, 1.54) is 38.5 Å². The van der Waals surface area contributed by atoms with Gasteiger partial charge in [-0.05, 0) is 69.7 Å². The predicted octanol–water partition coefficient (Wildman–Crippen LogP) is 2.46. The van der Waals surface area contributed by atoms with Crippen molar-refractivity contribution in [3.05, 3.63) is 0 Å². The monoisotopic (exact) mass is 264 g/mol. The Hall–Kier alpha value is -0.570. The first-order valence-electron chi connectivity index (χ1n) is 7.99. The van der Waals surface area contributed by atoms with E-state index in [1.807, 2.05) is 6.92 Å². The highest BCUT2D eigenvalue weighted by atomic mass is 16.1. The molecular formula is C16H28N2O. The summed E-state index contributed by atoms with van der Waals surface area (Å²) in [7, 11) is 2.08. The van der Waals surface area contributed by atoms with E-state index in [0.717, 1.165) is 11.8 Å². The maximum Gasteiger partial charge on any atom is 0.220 e. The van der Waals surface area contributed by atoms with Gasteiger partial charge in [0.2, 0.25) is 5.91 Å². The van der Waals surface area contributed by atoms with E-state index < -0.39 is 0 Å². The maximum absolute atomic E-state index is 11.9. The molecule has 3 nitrogen and oxygen atoms in total. The van der Waals surface area contributed by atoms with Gasteiger partial charge in [-0.2, -0.15) is 0 Å². The predicted molar refractivity (Wildman–Crippen MR) is 76.8 cm³/mol. The number of nitrogens with one attached hydrogen (secondary N) is 2. The number of rotatable bonds is 4. The smallest absolute Gasteiger partial charge is 0.220 e. The average Bonchev–Trinajstić information content (AvgIpc) is 2.35. The van der Waals surface area contributed by atoms with E-state index in [-0.39, 0.29) is 11.4 Å². The fourth-order valence-electron chi connectivity index (χ4n) is 5.68.